The zero-order chi connectivity index (χ0) is 26.1. The molecule has 0 aliphatic carbocycles. The summed E-state index contributed by atoms with van der Waals surface area (Å²) in [6, 6.07) is 19.0. The number of thioether (sulfide) groups is 1. The fraction of sp³-hybridized carbons (Fsp3) is 0.269. The molecular weight excluding hydrogens is 518 g/mol. The molecule has 7 nitrogen and oxygen atoms in total. The van der Waals surface area contributed by atoms with Crippen LogP contribution in [0.4, 0.5) is 17.1 Å². The normalized spacial score (nSPS) is 11.1. The molecule has 0 bridgehead atoms. The van der Waals surface area contributed by atoms with Gasteiger partial charge in [-0.15, -0.1) is 11.8 Å². The Labute approximate surface area is 222 Å². The quantitative estimate of drug-likeness (QED) is 0.266. The van der Waals surface area contributed by atoms with Crippen molar-refractivity contribution in [2.24, 2.45) is 0 Å². The summed E-state index contributed by atoms with van der Waals surface area (Å²) in [6.07, 6.45) is 0.250. The fourth-order valence-corrected chi connectivity index (χ4v) is 6.04. The molecule has 0 heterocycles. The van der Waals surface area contributed by atoms with E-state index in [9.17, 15) is 13.2 Å². The highest BCUT2D eigenvalue weighted by Gasteiger charge is 2.22. The average molecular weight is 548 g/mol. The molecule has 0 unspecified atom stereocenters. The van der Waals surface area contributed by atoms with Crippen molar-refractivity contribution in [3.63, 3.8) is 0 Å². The lowest BCUT2D eigenvalue weighted by atomic mass is 10.2. The monoisotopic (exact) mass is 547 g/mol. The van der Waals surface area contributed by atoms with Gasteiger partial charge in [0.25, 0.3) is 10.0 Å². The average Bonchev–Trinajstić information content (AvgIpc) is 2.87. The zero-order valence-electron chi connectivity index (χ0n) is 20.5. The van der Waals surface area contributed by atoms with Crippen LogP contribution < -0.4 is 19.7 Å². The molecule has 36 heavy (non-hydrogen) atoms. The molecule has 0 saturated carbocycles. The first kappa shape index (κ1) is 27.7. The van der Waals surface area contributed by atoms with Crippen LogP contribution in [0.15, 0.2) is 76.5 Å². The van der Waals surface area contributed by atoms with Crippen molar-refractivity contribution in [2.75, 3.05) is 40.9 Å². The van der Waals surface area contributed by atoms with Crippen molar-refractivity contribution in [2.45, 2.75) is 30.1 Å². The van der Waals surface area contributed by atoms with Crippen LogP contribution in [-0.2, 0) is 14.8 Å². The van der Waals surface area contributed by atoms with Gasteiger partial charge in [0.15, 0.2) is 0 Å². The summed E-state index contributed by atoms with van der Waals surface area (Å²) < 4.78 is 34.6. The van der Waals surface area contributed by atoms with Gasteiger partial charge in [0.1, 0.15) is 10.6 Å². The third-order valence-corrected chi connectivity index (χ3v) is 8.33. The molecule has 0 aliphatic rings. The number of halogens is 1. The zero-order valence-corrected chi connectivity index (χ0v) is 22.8. The number of methoxy groups -OCH3 is 1. The summed E-state index contributed by atoms with van der Waals surface area (Å²) in [5, 5.41) is 3.47. The van der Waals surface area contributed by atoms with Crippen LogP contribution in [0.2, 0.25) is 5.02 Å². The van der Waals surface area contributed by atoms with Crippen LogP contribution in [0.25, 0.3) is 0 Å². The van der Waals surface area contributed by atoms with E-state index in [1.807, 2.05) is 43.0 Å². The smallest absolute Gasteiger partial charge is 0.264 e. The standard InChI is InChI=1S/C26H30ClN3O4S2/c1-4-30(5-2)23-15-12-20(28-26(31)16-17-35-24-9-7-6-8-22(24)27)18-25(23)36(32,33)29-19-10-13-21(34-3)14-11-19/h6-15,18,29H,4-5,16-17H2,1-3H3,(H,28,31). The van der Waals surface area contributed by atoms with Crippen molar-refractivity contribution < 1.29 is 17.9 Å². The lowest BCUT2D eigenvalue weighted by Crippen LogP contribution is -2.26. The minimum absolute atomic E-state index is 0.0882. The Morgan fingerprint density at radius 2 is 1.67 bits per heavy atom. The van der Waals surface area contributed by atoms with Gasteiger partial charge >= 0.3 is 0 Å². The first-order chi connectivity index (χ1) is 17.3. The summed E-state index contributed by atoms with van der Waals surface area (Å²) in [5.41, 5.74) is 1.38. The number of carbonyl (C=O) groups excluding carboxylic acids is 1. The second-order valence-corrected chi connectivity index (χ2v) is 11.0. The number of ether oxygens (including phenoxy) is 1. The summed E-state index contributed by atoms with van der Waals surface area (Å²) in [6.45, 7) is 5.19. The van der Waals surface area contributed by atoms with Gasteiger partial charge in [0, 0.05) is 41.5 Å². The second kappa shape index (κ2) is 12.9. The minimum atomic E-state index is -3.95. The minimum Gasteiger partial charge on any atom is -0.497 e. The highest BCUT2D eigenvalue weighted by Crippen LogP contribution is 2.31. The van der Waals surface area contributed by atoms with Crippen LogP contribution in [0.1, 0.15) is 20.3 Å². The fourth-order valence-electron chi connectivity index (χ4n) is 3.54. The van der Waals surface area contributed by atoms with E-state index in [-0.39, 0.29) is 17.2 Å². The Balaban J connectivity index is 1.79. The molecule has 2 N–H and O–H groups in total. The number of anilines is 3. The van der Waals surface area contributed by atoms with Gasteiger partial charge in [-0.05, 0) is 68.4 Å². The molecule has 0 radical (unpaired) electrons. The van der Waals surface area contributed by atoms with E-state index < -0.39 is 10.0 Å². The second-order valence-electron chi connectivity index (χ2n) is 7.77. The van der Waals surface area contributed by atoms with E-state index in [2.05, 4.69) is 10.0 Å². The van der Waals surface area contributed by atoms with Crippen LogP contribution in [0.5, 0.6) is 5.75 Å². The predicted octanol–water partition coefficient (Wildman–Crippen LogP) is 6.12. The third kappa shape index (κ3) is 7.32. The maximum Gasteiger partial charge on any atom is 0.264 e. The number of rotatable bonds is 12. The van der Waals surface area contributed by atoms with Gasteiger partial charge in [-0.3, -0.25) is 9.52 Å². The molecule has 0 fully saturated rings. The molecule has 0 saturated heterocycles. The van der Waals surface area contributed by atoms with Crippen molar-refractivity contribution in [3.8, 4) is 5.75 Å². The van der Waals surface area contributed by atoms with Gasteiger partial charge in [0.2, 0.25) is 5.91 Å². The van der Waals surface area contributed by atoms with E-state index in [1.54, 1.807) is 43.5 Å². The van der Waals surface area contributed by atoms with Crippen LogP contribution >= 0.6 is 23.4 Å². The Morgan fingerprint density at radius 1 is 1.00 bits per heavy atom. The molecular formula is C26H30ClN3O4S2. The van der Waals surface area contributed by atoms with E-state index in [1.165, 1.54) is 17.8 Å². The topological polar surface area (TPSA) is 87.7 Å². The SMILES string of the molecule is CCN(CC)c1ccc(NC(=O)CCSc2ccccc2Cl)cc1S(=O)(=O)Nc1ccc(OC)cc1. The van der Waals surface area contributed by atoms with Gasteiger partial charge < -0.3 is 15.0 Å². The Kier molecular flexibility index (Phi) is 9.92. The Morgan fingerprint density at radius 3 is 2.31 bits per heavy atom. The number of sulfonamides is 1. The molecule has 0 aromatic heterocycles. The molecule has 192 valence electrons. The van der Waals surface area contributed by atoms with Crippen LogP contribution in [-0.4, -0.2) is 40.3 Å². The van der Waals surface area contributed by atoms with Crippen LogP contribution in [0.3, 0.4) is 0 Å². The number of hydrogen-bond acceptors (Lipinski definition) is 6. The van der Waals surface area contributed by atoms with E-state index >= 15 is 0 Å². The van der Waals surface area contributed by atoms with Crippen molar-refractivity contribution >= 4 is 56.4 Å². The number of carbonyl (C=O) groups is 1. The number of hydrogen-bond donors (Lipinski definition) is 2. The predicted molar refractivity (Wildman–Crippen MR) is 149 cm³/mol. The van der Waals surface area contributed by atoms with E-state index in [4.69, 9.17) is 16.3 Å². The highest BCUT2D eigenvalue weighted by atomic mass is 35.5. The molecule has 0 aliphatic heterocycles. The van der Waals surface area contributed by atoms with E-state index in [0.717, 1.165) is 4.90 Å². The number of amides is 1. The largest absolute Gasteiger partial charge is 0.497 e. The maximum absolute atomic E-state index is 13.4. The molecule has 1 amide bonds. The third-order valence-electron chi connectivity index (χ3n) is 5.40. The van der Waals surface area contributed by atoms with Crippen molar-refractivity contribution in [1.29, 1.82) is 0 Å². The van der Waals surface area contributed by atoms with Crippen LogP contribution in [0, 0.1) is 0 Å². The number of benzene rings is 3. The molecule has 0 atom stereocenters. The molecule has 3 aromatic rings. The first-order valence-corrected chi connectivity index (χ1v) is 14.3. The molecule has 3 rings (SSSR count). The summed E-state index contributed by atoms with van der Waals surface area (Å²) in [5.74, 6) is 0.952. The lowest BCUT2D eigenvalue weighted by Gasteiger charge is -2.25. The van der Waals surface area contributed by atoms with Crippen molar-refractivity contribution in [3.05, 3.63) is 71.8 Å². The summed E-state index contributed by atoms with van der Waals surface area (Å²) in [7, 11) is -2.40. The van der Waals surface area contributed by atoms with Gasteiger partial charge in [-0.1, -0.05) is 23.7 Å². The van der Waals surface area contributed by atoms with Gasteiger partial charge in [0.05, 0.1) is 17.8 Å². The van der Waals surface area contributed by atoms with E-state index in [0.29, 0.717) is 46.7 Å². The maximum atomic E-state index is 13.4. The van der Waals surface area contributed by atoms with Gasteiger partial charge in [-0.2, -0.15) is 0 Å². The first-order valence-electron chi connectivity index (χ1n) is 11.5. The summed E-state index contributed by atoms with van der Waals surface area (Å²) in [4.78, 5) is 15.5. The Bertz CT molecular complexity index is 1280. The van der Waals surface area contributed by atoms with Crippen molar-refractivity contribution in [1.82, 2.24) is 0 Å². The van der Waals surface area contributed by atoms with Gasteiger partial charge in [-0.25, -0.2) is 8.42 Å². The molecule has 10 heteroatoms. The lowest BCUT2D eigenvalue weighted by molar-refractivity contribution is -0.115. The molecule has 3 aromatic carbocycles. The summed E-state index contributed by atoms with van der Waals surface area (Å²) >= 11 is 7.67. The highest BCUT2D eigenvalue weighted by molar-refractivity contribution is 7.99. The number of nitrogens with zero attached hydrogens (tertiary/aromatic N) is 1. The molecule has 0 spiro atoms. The Hall–Kier alpha value is -2.88. The number of nitrogens with one attached hydrogen (secondary N) is 2.